The molecule has 0 aromatic heterocycles. The van der Waals surface area contributed by atoms with E-state index in [-0.39, 0.29) is 11.8 Å². The number of carbonyl (C=O) groups excluding carboxylic acids is 1. The third-order valence-electron chi connectivity index (χ3n) is 5.12. The van der Waals surface area contributed by atoms with Crippen LogP contribution in [0.5, 0.6) is 0 Å². The van der Waals surface area contributed by atoms with Crippen molar-refractivity contribution in [3.05, 3.63) is 48.0 Å². The third-order valence-corrected chi connectivity index (χ3v) is 5.12. The molecule has 3 heteroatoms. The SMILES string of the molecule is O=C(N/N=C/c1ccc2ccccc2c1)C1C2CCCCC21. The fourth-order valence-corrected chi connectivity index (χ4v) is 3.91. The average Bonchev–Trinajstić information content (AvgIpc) is 3.29. The molecule has 2 aromatic carbocycles. The van der Waals surface area contributed by atoms with Crippen molar-refractivity contribution >= 4 is 22.9 Å². The van der Waals surface area contributed by atoms with Gasteiger partial charge in [0.1, 0.15) is 0 Å². The molecule has 2 saturated carbocycles. The van der Waals surface area contributed by atoms with Crippen LogP contribution in [0.4, 0.5) is 0 Å². The minimum Gasteiger partial charge on any atom is -0.273 e. The molecule has 0 radical (unpaired) electrons. The van der Waals surface area contributed by atoms with E-state index in [0.29, 0.717) is 11.8 Å². The molecular formula is C19H20N2O. The largest absolute Gasteiger partial charge is 0.273 e. The molecule has 0 spiro atoms. The van der Waals surface area contributed by atoms with Gasteiger partial charge in [-0.15, -0.1) is 0 Å². The van der Waals surface area contributed by atoms with Gasteiger partial charge in [0.25, 0.3) is 0 Å². The van der Waals surface area contributed by atoms with Crippen LogP contribution < -0.4 is 5.43 Å². The van der Waals surface area contributed by atoms with Gasteiger partial charge in [-0.05, 0) is 47.1 Å². The maximum absolute atomic E-state index is 12.1. The highest BCUT2D eigenvalue weighted by atomic mass is 16.2. The smallest absolute Gasteiger partial charge is 0.243 e. The number of hydrogen-bond acceptors (Lipinski definition) is 2. The van der Waals surface area contributed by atoms with Gasteiger partial charge in [0, 0.05) is 5.92 Å². The summed E-state index contributed by atoms with van der Waals surface area (Å²) >= 11 is 0. The van der Waals surface area contributed by atoms with Gasteiger partial charge in [-0.1, -0.05) is 49.2 Å². The summed E-state index contributed by atoms with van der Waals surface area (Å²) in [5.41, 5.74) is 3.73. The number of carbonyl (C=O) groups is 1. The summed E-state index contributed by atoms with van der Waals surface area (Å²) in [6.07, 6.45) is 6.74. The molecule has 2 aliphatic carbocycles. The maximum Gasteiger partial charge on any atom is 0.243 e. The highest BCUT2D eigenvalue weighted by Gasteiger charge is 2.54. The van der Waals surface area contributed by atoms with E-state index in [0.717, 1.165) is 5.56 Å². The van der Waals surface area contributed by atoms with Crippen molar-refractivity contribution in [3.8, 4) is 0 Å². The molecule has 1 amide bonds. The van der Waals surface area contributed by atoms with Crippen LogP contribution in [0.25, 0.3) is 10.8 Å². The lowest BCUT2D eigenvalue weighted by molar-refractivity contribution is -0.122. The standard InChI is InChI=1S/C19H20N2O/c22-19(18-16-7-3-4-8-17(16)18)21-20-12-13-9-10-14-5-1-2-6-15(14)11-13/h1-2,5-6,9-12,16-18H,3-4,7-8H2,(H,21,22)/b20-12+. The quantitative estimate of drug-likeness (QED) is 0.680. The highest BCUT2D eigenvalue weighted by Crippen LogP contribution is 2.55. The summed E-state index contributed by atoms with van der Waals surface area (Å²) in [5.74, 6) is 1.58. The Hall–Kier alpha value is -2.16. The highest BCUT2D eigenvalue weighted by molar-refractivity contribution is 5.91. The van der Waals surface area contributed by atoms with Crippen LogP contribution in [0.2, 0.25) is 0 Å². The molecule has 2 unspecified atom stereocenters. The molecule has 2 atom stereocenters. The molecular weight excluding hydrogens is 272 g/mol. The Morgan fingerprint density at radius 1 is 1.05 bits per heavy atom. The van der Waals surface area contributed by atoms with Gasteiger partial charge in [0.15, 0.2) is 0 Å². The maximum atomic E-state index is 12.1. The van der Waals surface area contributed by atoms with Crippen molar-refractivity contribution in [1.82, 2.24) is 5.43 Å². The summed E-state index contributed by atoms with van der Waals surface area (Å²) in [7, 11) is 0. The van der Waals surface area contributed by atoms with Crippen molar-refractivity contribution in [2.24, 2.45) is 22.9 Å². The fourth-order valence-electron chi connectivity index (χ4n) is 3.91. The van der Waals surface area contributed by atoms with Gasteiger partial charge >= 0.3 is 0 Å². The van der Waals surface area contributed by atoms with Crippen LogP contribution in [-0.4, -0.2) is 12.1 Å². The zero-order valence-corrected chi connectivity index (χ0v) is 12.5. The summed E-state index contributed by atoms with van der Waals surface area (Å²) < 4.78 is 0. The van der Waals surface area contributed by atoms with E-state index in [4.69, 9.17) is 0 Å². The number of amides is 1. The van der Waals surface area contributed by atoms with E-state index in [1.807, 2.05) is 18.2 Å². The number of hydrazone groups is 1. The Morgan fingerprint density at radius 2 is 1.77 bits per heavy atom. The van der Waals surface area contributed by atoms with E-state index in [1.165, 1.54) is 36.5 Å². The van der Waals surface area contributed by atoms with E-state index in [9.17, 15) is 4.79 Å². The molecule has 2 aromatic rings. The van der Waals surface area contributed by atoms with Crippen LogP contribution in [-0.2, 0) is 4.79 Å². The Bertz CT molecular complexity index is 725. The first-order valence-electron chi connectivity index (χ1n) is 8.15. The molecule has 22 heavy (non-hydrogen) atoms. The summed E-state index contributed by atoms with van der Waals surface area (Å²) in [6, 6.07) is 14.4. The van der Waals surface area contributed by atoms with Gasteiger partial charge < -0.3 is 0 Å². The summed E-state index contributed by atoms with van der Waals surface area (Å²) in [4.78, 5) is 12.1. The first kappa shape index (κ1) is 13.5. The predicted octanol–water partition coefficient (Wildman–Crippen LogP) is 3.73. The number of rotatable bonds is 3. The number of benzene rings is 2. The topological polar surface area (TPSA) is 41.5 Å². The molecule has 4 rings (SSSR count). The molecule has 1 N–H and O–H groups in total. The first-order chi connectivity index (χ1) is 10.8. The van der Waals surface area contributed by atoms with Gasteiger partial charge in [-0.2, -0.15) is 5.10 Å². The monoisotopic (exact) mass is 292 g/mol. The van der Waals surface area contributed by atoms with Crippen molar-refractivity contribution in [1.29, 1.82) is 0 Å². The van der Waals surface area contributed by atoms with Gasteiger partial charge in [-0.25, -0.2) is 5.43 Å². The third kappa shape index (κ3) is 2.52. The minimum absolute atomic E-state index is 0.105. The van der Waals surface area contributed by atoms with E-state index in [1.54, 1.807) is 6.21 Å². The lowest BCUT2D eigenvalue weighted by Gasteiger charge is -2.04. The molecule has 2 fully saturated rings. The Balaban J connectivity index is 1.40. The first-order valence-corrected chi connectivity index (χ1v) is 8.15. The second-order valence-electron chi connectivity index (χ2n) is 6.48. The average molecular weight is 292 g/mol. The molecule has 0 heterocycles. The van der Waals surface area contributed by atoms with Crippen LogP contribution >= 0.6 is 0 Å². The Labute approximate surface area is 130 Å². The van der Waals surface area contributed by atoms with E-state index in [2.05, 4.69) is 34.8 Å². The van der Waals surface area contributed by atoms with Crippen molar-refractivity contribution in [2.75, 3.05) is 0 Å². The molecule has 2 aliphatic rings. The van der Waals surface area contributed by atoms with Crippen molar-refractivity contribution in [3.63, 3.8) is 0 Å². The lowest BCUT2D eigenvalue weighted by atomic mass is 10.0. The second kappa shape index (κ2) is 5.56. The van der Waals surface area contributed by atoms with Crippen molar-refractivity contribution in [2.45, 2.75) is 25.7 Å². The van der Waals surface area contributed by atoms with Crippen LogP contribution in [0.3, 0.4) is 0 Å². The fraction of sp³-hybridized carbons (Fsp3) is 0.368. The number of nitrogens with zero attached hydrogens (tertiary/aromatic N) is 1. The molecule has 0 bridgehead atoms. The van der Waals surface area contributed by atoms with Crippen LogP contribution in [0, 0.1) is 17.8 Å². The van der Waals surface area contributed by atoms with Gasteiger partial charge in [-0.3, -0.25) is 4.79 Å². The van der Waals surface area contributed by atoms with Crippen LogP contribution in [0.15, 0.2) is 47.6 Å². The Morgan fingerprint density at radius 3 is 2.55 bits per heavy atom. The van der Waals surface area contributed by atoms with E-state index >= 15 is 0 Å². The zero-order chi connectivity index (χ0) is 14.9. The predicted molar refractivity (Wildman–Crippen MR) is 88.6 cm³/mol. The van der Waals surface area contributed by atoms with E-state index < -0.39 is 0 Å². The zero-order valence-electron chi connectivity index (χ0n) is 12.5. The molecule has 0 saturated heterocycles. The van der Waals surface area contributed by atoms with Gasteiger partial charge in [0.05, 0.1) is 6.21 Å². The van der Waals surface area contributed by atoms with Gasteiger partial charge in [0.2, 0.25) is 5.91 Å². The normalized spacial score (nSPS) is 26.8. The molecule has 112 valence electrons. The summed E-state index contributed by atoms with van der Waals surface area (Å²) in [6.45, 7) is 0. The lowest BCUT2D eigenvalue weighted by Crippen LogP contribution is -2.20. The Kier molecular flexibility index (Phi) is 3.41. The van der Waals surface area contributed by atoms with Crippen LogP contribution in [0.1, 0.15) is 31.2 Å². The van der Waals surface area contributed by atoms with Crippen molar-refractivity contribution < 1.29 is 4.79 Å². The number of hydrogen-bond donors (Lipinski definition) is 1. The number of nitrogens with one attached hydrogen (secondary N) is 1. The molecule has 3 nitrogen and oxygen atoms in total. The second-order valence-corrected chi connectivity index (χ2v) is 6.48. The summed E-state index contributed by atoms with van der Waals surface area (Å²) in [5, 5.41) is 6.54. The minimum atomic E-state index is 0.105. The molecule has 0 aliphatic heterocycles. The number of fused-ring (bicyclic) bond motifs is 2.